The fourth-order valence-electron chi connectivity index (χ4n) is 1.86. The zero-order chi connectivity index (χ0) is 16.3. The van der Waals surface area contributed by atoms with Crippen LogP contribution in [-0.4, -0.2) is 27.9 Å². The zero-order valence-corrected chi connectivity index (χ0v) is 13.4. The molecule has 2 rings (SSSR count). The van der Waals surface area contributed by atoms with Gasteiger partial charge in [0.15, 0.2) is 5.69 Å². The van der Waals surface area contributed by atoms with Crippen LogP contribution < -0.4 is 4.74 Å². The first-order valence-corrected chi connectivity index (χ1v) is 7.25. The molecule has 1 aromatic carbocycles. The van der Waals surface area contributed by atoms with E-state index in [-0.39, 0.29) is 23.7 Å². The molecule has 2 aromatic rings. The third-order valence-electron chi connectivity index (χ3n) is 2.71. The molecule has 2 N–H and O–H groups in total. The standard InChI is InChI=1S/C14H14Cl2N2O4/c1-3-21-14(20)12-11(7(2)19)13(18-17-12)22-10-5-8(15)4-9(16)6-10/h4-7,19H,3H2,1-2H3,(H,17,18)/t7-/m1/s1. The molecule has 8 heteroatoms. The quantitative estimate of drug-likeness (QED) is 0.807. The fourth-order valence-corrected chi connectivity index (χ4v) is 2.37. The number of aromatic nitrogens is 2. The second-order valence-electron chi connectivity index (χ2n) is 4.42. The number of rotatable bonds is 5. The predicted octanol–water partition coefficient (Wildman–Crippen LogP) is 3.74. The molecule has 0 bridgehead atoms. The summed E-state index contributed by atoms with van der Waals surface area (Å²) in [7, 11) is 0. The molecular weight excluding hydrogens is 331 g/mol. The van der Waals surface area contributed by atoms with Gasteiger partial charge in [0.25, 0.3) is 0 Å². The van der Waals surface area contributed by atoms with E-state index in [0.29, 0.717) is 15.8 Å². The molecule has 1 heterocycles. The lowest BCUT2D eigenvalue weighted by molar-refractivity contribution is 0.0512. The molecule has 0 saturated carbocycles. The second-order valence-corrected chi connectivity index (χ2v) is 5.29. The first-order chi connectivity index (χ1) is 10.4. The summed E-state index contributed by atoms with van der Waals surface area (Å²) in [6.45, 7) is 3.37. The topological polar surface area (TPSA) is 84.4 Å². The number of halogens is 2. The van der Waals surface area contributed by atoms with Gasteiger partial charge in [0.2, 0.25) is 5.88 Å². The Kier molecular flexibility index (Phi) is 5.28. The minimum absolute atomic E-state index is 0.0278. The van der Waals surface area contributed by atoms with Crippen molar-refractivity contribution in [2.75, 3.05) is 6.61 Å². The third-order valence-corrected chi connectivity index (χ3v) is 3.15. The molecule has 118 valence electrons. The van der Waals surface area contributed by atoms with E-state index in [9.17, 15) is 9.90 Å². The van der Waals surface area contributed by atoms with Crippen molar-refractivity contribution in [3.8, 4) is 11.6 Å². The number of ether oxygens (including phenoxy) is 2. The third kappa shape index (κ3) is 3.71. The van der Waals surface area contributed by atoms with Gasteiger partial charge in [-0.1, -0.05) is 23.2 Å². The summed E-state index contributed by atoms with van der Waals surface area (Å²) in [5.74, 6) is -0.177. The number of aliphatic hydroxyl groups excluding tert-OH is 1. The van der Waals surface area contributed by atoms with Crippen LogP contribution in [0.2, 0.25) is 10.0 Å². The Morgan fingerprint density at radius 2 is 2.00 bits per heavy atom. The molecule has 0 saturated heterocycles. The summed E-state index contributed by atoms with van der Waals surface area (Å²) in [5, 5.41) is 17.1. The van der Waals surface area contributed by atoms with Gasteiger partial charge in [-0.25, -0.2) is 9.89 Å². The number of nitrogens with zero attached hydrogens (tertiary/aromatic N) is 1. The minimum atomic E-state index is -0.984. The molecule has 0 aliphatic carbocycles. The maximum atomic E-state index is 11.8. The van der Waals surface area contributed by atoms with Crippen LogP contribution in [0.25, 0.3) is 0 Å². The van der Waals surface area contributed by atoms with Crippen molar-refractivity contribution in [2.24, 2.45) is 0 Å². The number of H-pyrrole nitrogens is 1. The molecule has 1 aromatic heterocycles. The average molecular weight is 345 g/mol. The lowest BCUT2D eigenvalue weighted by atomic mass is 10.1. The summed E-state index contributed by atoms with van der Waals surface area (Å²) in [6.07, 6.45) is -0.984. The Balaban J connectivity index is 2.37. The monoisotopic (exact) mass is 344 g/mol. The first-order valence-electron chi connectivity index (χ1n) is 6.49. The van der Waals surface area contributed by atoms with E-state index in [4.69, 9.17) is 32.7 Å². The van der Waals surface area contributed by atoms with Gasteiger partial charge in [-0.15, -0.1) is 0 Å². The van der Waals surface area contributed by atoms with E-state index in [1.54, 1.807) is 25.1 Å². The van der Waals surface area contributed by atoms with Crippen LogP contribution in [0.1, 0.15) is 36.0 Å². The normalized spacial score (nSPS) is 12.0. The smallest absolute Gasteiger partial charge is 0.359 e. The van der Waals surface area contributed by atoms with E-state index in [1.807, 2.05) is 0 Å². The van der Waals surface area contributed by atoms with Crippen molar-refractivity contribution in [1.29, 1.82) is 0 Å². The highest BCUT2D eigenvalue weighted by atomic mass is 35.5. The molecule has 0 spiro atoms. The Bertz CT molecular complexity index is 665. The number of aromatic amines is 1. The molecule has 1 atom stereocenters. The number of aliphatic hydroxyl groups is 1. The van der Waals surface area contributed by atoms with Crippen LogP contribution in [0.4, 0.5) is 0 Å². The van der Waals surface area contributed by atoms with Crippen molar-refractivity contribution in [2.45, 2.75) is 20.0 Å². The SMILES string of the molecule is CCOC(=O)c1n[nH]c(Oc2cc(Cl)cc(Cl)c2)c1[C@@H](C)O. The number of benzene rings is 1. The average Bonchev–Trinajstić information content (AvgIpc) is 2.81. The Hall–Kier alpha value is -1.76. The summed E-state index contributed by atoms with van der Waals surface area (Å²) in [6, 6.07) is 4.65. The van der Waals surface area contributed by atoms with Crippen molar-refractivity contribution in [1.82, 2.24) is 10.2 Å². The molecule has 0 aliphatic rings. The number of carbonyl (C=O) groups excluding carboxylic acids is 1. The van der Waals surface area contributed by atoms with E-state index in [0.717, 1.165) is 0 Å². The van der Waals surface area contributed by atoms with Crippen molar-refractivity contribution in [3.05, 3.63) is 39.5 Å². The fraction of sp³-hybridized carbons (Fsp3) is 0.286. The Labute approximate surface area is 136 Å². The number of nitrogens with one attached hydrogen (secondary N) is 1. The van der Waals surface area contributed by atoms with Crippen molar-refractivity contribution in [3.63, 3.8) is 0 Å². The van der Waals surface area contributed by atoms with E-state index in [2.05, 4.69) is 10.2 Å². The second kappa shape index (κ2) is 7.00. The maximum Gasteiger partial charge on any atom is 0.359 e. The van der Waals surface area contributed by atoms with Crippen molar-refractivity contribution < 1.29 is 19.4 Å². The largest absolute Gasteiger partial charge is 0.461 e. The highest BCUT2D eigenvalue weighted by Gasteiger charge is 2.25. The first kappa shape index (κ1) is 16.6. The van der Waals surface area contributed by atoms with E-state index >= 15 is 0 Å². The van der Waals surface area contributed by atoms with E-state index < -0.39 is 12.1 Å². The number of hydrogen-bond acceptors (Lipinski definition) is 5. The Morgan fingerprint density at radius 3 is 2.55 bits per heavy atom. The summed E-state index contributed by atoms with van der Waals surface area (Å²) < 4.78 is 10.5. The summed E-state index contributed by atoms with van der Waals surface area (Å²) in [5.41, 5.74) is 0.175. The molecule has 0 aliphatic heterocycles. The van der Waals surface area contributed by atoms with Crippen LogP contribution in [0.5, 0.6) is 11.6 Å². The molecule has 0 amide bonds. The molecule has 6 nitrogen and oxygen atoms in total. The van der Waals surface area contributed by atoms with Crippen molar-refractivity contribution >= 4 is 29.2 Å². The maximum absolute atomic E-state index is 11.8. The van der Waals surface area contributed by atoms with Crippen LogP contribution in [-0.2, 0) is 4.74 Å². The molecule has 0 unspecified atom stereocenters. The van der Waals surface area contributed by atoms with Gasteiger partial charge in [0, 0.05) is 10.0 Å². The highest BCUT2D eigenvalue weighted by molar-refractivity contribution is 6.34. The van der Waals surface area contributed by atoms with Crippen LogP contribution >= 0.6 is 23.2 Å². The molecule has 22 heavy (non-hydrogen) atoms. The zero-order valence-electron chi connectivity index (χ0n) is 11.9. The van der Waals surface area contributed by atoms with E-state index in [1.165, 1.54) is 6.92 Å². The summed E-state index contributed by atoms with van der Waals surface area (Å²) in [4.78, 5) is 11.8. The number of esters is 1. The highest BCUT2D eigenvalue weighted by Crippen LogP contribution is 2.33. The number of carbonyl (C=O) groups is 1. The Morgan fingerprint density at radius 1 is 1.36 bits per heavy atom. The molecule has 0 radical (unpaired) electrons. The van der Waals surface area contributed by atoms with Gasteiger partial charge in [0.05, 0.1) is 18.3 Å². The van der Waals surface area contributed by atoms with Gasteiger partial charge < -0.3 is 14.6 Å². The lowest BCUT2D eigenvalue weighted by Crippen LogP contribution is -2.09. The molecular formula is C14H14Cl2N2O4. The minimum Gasteiger partial charge on any atom is -0.461 e. The van der Waals surface area contributed by atoms with Crippen LogP contribution in [0.3, 0.4) is 0 Å². The predicted molar refractivity (Wildman–Crippen MR) is 81.7 cm³/mol. The van der Waals surface area contributed by atoms with Gasteiger partial charge >= 0.3 is 5.97 Å². The van der Waals surface area contributed by atoms with Gasteiger partial charge in [0.1, 0.15) is 5.75 Å². The van der Waals surface area contributed by atoms with Gasteiger partial charge in [-0.3, -0.25) is 0 Å². The van der Waals surface area contributed by atoms with Crippen LogP contribution in [0, 0.1) is 0 Å². The van der Waals surface area contributed by atoms with Gasteiger partial charge in [-0.2, -0.15) is 5.10 Å². The number of hydrogen-bond donors (Lipinski definition) is 2. The summed E-state index contributed by atoms with van der Waals surface area (Å²) >= 11 is 11.8. The lowest BCUT2D eigenvalue weighted by Gasteiger charge is -2.09. The van der Waals surface area contributed by atoms with Crippen LogP contribution in [0.15, 0.2) is 18.2 Å². The van der Waals surface area contributed by atoms with Gasteiger partial charge in [-0.05, 0) is 32.0 Å². The molecule has 0 fully saturated rings.